The first-order valence-electron chi connectivity index (χ1n) is 5.08. The second-order valence-corrected chi connectivity index (χ2v) is 4.52. The van der Waals surface area contributed by atoms with Gasteiger partial charge in [0.25, 0.3) is 5.91 Å². The molecule has 84 valence electrons. The normalized spacial score (nSPS) is 24.8. The van der Waals surface area contributed by atoms with E-state index in [1.54, 1.807) is 6.92 Å². The zero-order valence-corrected chi connectivity index (χ0v) is 10.1. The van der Waals surface area contributed by atoms with Crippen molar-refractivity contribution in [2.75, 3.05) is 6.54 Å². The van der Waals surface area contributed by atoms with Gasteiger partial charge in [-0.25, -0.2) is 4.79 Å². The number of nitrogens with zero attached hydrogens (tertiary/aromatic N) is 1. The van der Waals surface area contributed by atoms with Gasteiger partial charge in [-0.15, -0.1) is 0 Å². The minimum atomic E-state index is -1.01. The van der Waals surface area contributed by atoms with Crippen LogP contribution in [0.25, 0.3) is 0 Å². The maximum atomic E-state index is 12.1. The largest absolute Gasteiger partial charge is 0.325 e. The number of urea groups is 1. The highest BCUT2D eigenvalue weighted by Crippen LogP contribution is 2.34. The molecule has 0 aliphatic carbocycles. The molecule has 0 bridgehead atoms. The van der Waals surface area contributed by atoms with Gasteiger partial charge in [-0.1, -0.05) is 39.6 Å². The average Bonchev–Trinajstić information content (AvgIpc) is 2.52. The van der Waals surface area contributed by atoms with E-state index >= 15 is 0 Å². The van der Waals surface area contributed by atoms with Gasteiger partial charge in [0.1, 0.15) is 0 Å². The van der Waals surface area contributed by atoms with E-state index in [1.165, 1.54) is 4.90 Å². The summed E-state index contributed by atoms with van der Waals surface area (Å²) in [6, 6.07) is 8.86. The van der Waals surface area contributed by atoms with Crippen LogP contribution in [0.5, 0.6) is 0 Å². The van der Waals surface area contributed by atoms with Crippen LogP contribution in [-0.2, 0) is 10.1 Å². The minimum absolute atomic E-state index is 0.226. The Hall–Kier alpha value is -1.41. The van der Waals surface area contributed by atoms with Crippen molar-refractivity contribution in [2.45, 2.75) is 12.2 Å². The van der Waals surface area contributed by atoms with Gasteiger partial charge < -0.3 is 5.32 Å². The van der Waals surface area contributed by atoms with Crippen LogP contribution < -0.4 is 5.32 Å². The Kier molecular flexibility index (Phi) is 2.68. The van der Waals surface area contributed by atoms with Crippen LogP contribution >= 0.6 is 9.24 Å². The Balaban J connectivity index is 2.42. The molecule has 1 aliphatic rings. The van der Waals surface area contributed by atoms with Crippen LogP contribution in [0.2, 0.25) is 0 Å². The van der Waals surface area contributed by atoms with Crippen molar-refractivity contribution in [1.82, 2.24) is 10.2 Å². The third-order valence-corrected chi connectivity index (χ3v) is 3.40. The van der Waals surface area contributed by atoms with E-state index in [-0.39, 0.29) is 11.9 Å². The molecular weight excluding hydrogens is 223 g/mol. The highest BCUT2D eigenvalue weighted by Gasteiger charge is 2.48. The lowest BCUT2D eigenvalue weighted by Gasteiger charge is -2.21. The zero-order chi connectivity index (χ0) is 11.8. The number of hydrogen-bond acceptors (Lipinski definition) is 2. The number of imide groups is 1. The van der Waals surface area contributed by atoms with Gasteiger partial charge in [-0.05, 0) is 12.5 Å². The van der Waals surface area contributed by atoms with Gasteiger partial charge in [0.2, 0.25) is 0 Å². The monoisotopic (exact) mass is 236 g/mol. The molecule has 16 heavy (non-hydrogen) atoms. The van der Waals surface area contributed by atoms with E-state index in [1.807, 2.05) is 30.3 Å². The maximum absolute atomic E-state index is 12.1. The lowest BCUT2D eigenvalue weighted by molar-refractivity contribution is -0.128. The molecule has 1 N–H and O–H groups in total. The van der Waals surface area contributed by atoms with Gasteiger partial charge in [0.15, 0.2) is 5.28 Å². The molecule has 3 amide bonds. The lowest BCUT2D eigenvalue weighted by atomic mass is 10.1. The van der Waals surface area contributed by atoms with Gasteiger partial charge >= 0.3 is 6.03 Å². The molecule has 1 aromatic rings. The molecule has 0 spiro atoms. The van der Waals surface area contributed by atoms with Crippen molar-refractivity contribution in [3.63, 3.8) is 0 Å². The smallest absolute Gasteiger partial charge is 0.316 e. The Morgan fingerprint density at radius 3 is 2.44 bits per heavy atom. The van der Waals surface area contributed by atoms with E-state index < -0.39 is 5.28 Å². The molecule has 0 aromatic heterocycles. The Morgan fingerprint density at radius 1 is 1.31 bits per heavy atom. The molecule has 2 atom stereocenters. The van der Waals surface area contributed by atoms with Gasteiger partial charge in [-0.2, -0.15) is 0 Å². The molecule has 1 aliphatic heterocycles. The number of carbonyl (C=O) groups is 2. The van der Waals surface area contributed by atoms with Crippen molar-refractivity contribution in [1.29, 1.82) is 0 Å². The fourth-order valence-electron chi connectivity index (χ4n) is 1.78. The van der Waals surface area contributed by atoms with E-state index in [9.17, 15) is 9.59 Å². The number of amides is 3. The van der Waals surface area contributed by atoms with Crippen LogP contribution in [-0.4, -0.2) is 23.4 Å². The van der Waals surface area contributed by atoms with Crippen LogP contribution in [0.15, 0.2) is 30.3 Å². The third kappa shape index (κ3) is 1.50. The standard InChI is InChI=1S/C11H13N2O2P/c1-2-13-9(14)11(16,12-10(13)15)8-6-4-3-5-7-8/h3-7H,2,16H2,1H3,(H,12,15). The second kappa shape index (κ2) is 3.87. The topological polar surface area (TPSA) is 49.4 Å². The summed E-state index contributed by atoms with van der Waals surface area (Å²) < 4.78 is 0. The summed E-state index contributed by atoms with van der Waals surface area (Å²) in [6.07, 6.45) is 0. The highest BCUT2D eigenvalue weighted by molar-refractivity contribution is 7.20. The Bertz CT molecular complexity index is 435. The second-order valence-electron chi connectivity index (χ2n) is 3.65. The molecular formula is C11H13N2O2P. The number of benzene rings is 1. The molecule has 0 saturated carbocycles. The summed E-state index contributed by atoms with van der Waals surface area (Å²) in [7, 11) is 2.44. The number of hydrogen-bond donors (Lipinski definition) is 1. The summed E-state index contributed by atoms with van der Waals surface area (Å²) in [5.41, 5.74) is 0.773. The zero-order valence-electron chi connectivity index (χ0n) is 8.93. The highest BCUT2D eigenvalue weighted by atomic mass is 31.0. The molecule has 1 fully saturated rings. The summed E-state index contributed by atoms with van der Waals surface area (Å²) >= 11 is 0. The summed E-state index contributed by atoms with van der Waals surface area (Å²) in [6.45, 7) is 2.16. The fraction of sp³-hybridized carbons (Fsp3) is 0.273. The molecule has 1 aromatic carbocycles. The molecule has 2 rings (SSSR count). The van der Waals surface area contributed by atoms with Crippen LogP contribution in [0, 0.1) is 0 Å². The molecule has 1 saturated heterocycles. The molecule has 4 nitrogen and oxygen atoms in total. The van der Waals surface area contributed by atoms with Crippen molar-refractivity contribution in [3.05, 3.63) is 35.9 Å². The number of likely N-dealkylation sites (N-methyl/N-ethyl adjacent to an activating group) is 1. The fourth-order valence-corrected chi connectivity index (χ4v) is 2.25. The number of rotatable bonds is 2. The van der Waals surface area contributed by atoms with E-state index in [2.05, 4.69) is 14.6 Å². The lowest BCUT2D eigenvalue weighted by Crippen LogP contribution is -2.37. The first-order valence-corrected chi connectivity index (χ1v) is 5.66. The molecule has 1 heterocycles. The minimum Gasteiger partial charge on any atom is -0.316 e. The van der Waals surface area contributed by atoms with Crippen molar-refractivity contribution < 1.29 is 9.59 Å². The molecule has 2 unspecified atom stereocenters. The average molecular weight is 236 g/mol. The Labute approximate surface area is 96.2 Å². The van der Waals surface area contributed by atoms with E-state index in [4.69, 9.17) is 0 Å². The first kappa shape index (κ1) is 11.1. The first-order chi connectivity index (χ1) is 7.59. The van der Waals surface area contributed by atoms with Gasteiger partial charge in [0, 0.05) is 6.54 Å². The van der Waals surface area contributed by atoms with Crippen LogP contribution in [0.1, 0.15) is 12.5 Å². The SMILES string of the molecule is CCN1C(=O)NC(P)(c2ccccc2)C1=O. The Morgan fingerprint density at radius 2 is 1.94 bits per heavy atom. The van der Waals surface area contributed by atoms with Crippen molar-refractivity contribution >= 4 is 21.2 Å². The summed E-state index contributed by atoms with van der Waals surface area (Å²) in [4.78, 5) is 24.9. The molecule has 5 heteroatoms. The molecule has 0 radical (unpaired) electrons. The number of carbonyl (C=O) groups excluding carboxylic acids is 2. The van der Waals surface area contributed by atoms with Crippen molar-refractivity contribution in [3.8, 4) is 0 Å². The van der Waals surface area contributed by atoms with Gasteiger partial charge in [-0.3, -0.25) is 9.69 Å². The van der Waals surface area contributed by atoms with Crippen molar-refractivity contribution in [2.24, 2.45) is 0 Å². The summed E-state index contributed by atoms with van der Waals surface area (Å²) in [5.74, 6) is -0.226. The van der Waals surface area contributed by atoms with E-state index in [0.717, 1.165) is 5.56 Å². The third-order valence-electron chi connectivity index (χ3n) is 2.68. The number of nitrogens with one attached hydrogen (secondary N) is 1. The predicted octanol–water partition coefficient (Wildman–Crippen LogP) is 1.29. The maximum Gasteiger partial charge on any atom is 0.325 e. The van der Waals surface area contributed by atoms with Crippen LogP contribution in [0.3, 0.4) is 0 Å². The predicted molar refractivity (Wildman–Crippen MR) is 63.7 cm³/mol. The quantitative estimate of drug-likeness (QED) is 0.621. The van der Waals surface area contributed by atoms with E-state index in [0.29, 0.717) is 6.54 Å². The summed E-state index contributed by atoms with van der Waals surface area (Å²) in [5, 5.41) is 1.69. The van der Waals surface area contributed by atoms with Crippen LogP contribution in [0.4, 0.5) is 4.79 Å². The van der Waals surface area contributed by atoms with Gasteiger partial charge in [0.05, 0.1) is 0 Å².